The first-order chi connectivity index (χ1) is 8.41. The Bertz CT molecular complexity index is 469. The van der Waals surface area contributed by atoms with E-state index in [9.17, 15) is 10.1 Å². The summed E-state index contributed by atoms with van der Waals surface area (Å²) in [6, 6.07) is 4.46. The van der Waals surface area contributed by atoms with Crippen LogP contribution in [0.15, 0.2) is 23.2 Å². The van der Waals surface area contributed by atoms with Crippen LogP contribution < -0.4 is 11.5 Å². The van der Waals surface area contributed by atoms with E-state index in [0.717, 1.165) is 6.42 Å². The second-order valence-electron chi connectivity index (χ2n) is 4.48. The van der Waals surface area contributed by atoms with Gasteiger partial charge in [-0.3, -0.25) is 15.1 Å². The summed E-state index contributed by atoms with van der Waals surface area (Å²) in [7, 11) is 0. The largest absolute Gasteiger partial charge is 0.393 e. The number of nitrogens with two attached hydrogens (primary N) is 2. The molecular weight excluding hydrogens is 232 g/mol. The molecule has 6 nitrogen and oxygen atoms in total. The fraction of sp³-hybridized carbons (Fsp3) is 0.417. The Kier molecular flexibility index (Phi) is 4.65. The minimum atomic E-state index is -0.528. The number of hydrogen-bond donors (Lipinski definition) is 2. The zero-order valence-corrected chi connectivity index (χ0v) is 10.6. The van der Waals surface area contributed by atoms with Crippen LogP contribution in [-0.2, 0) is 0 Å². The van der Waals surface area contributed by atoms with Gasteiger partial charge in [-0.05, 0) is 24.5 Å². The maximum atomic E-state index is 10.7. The molecule has 0 unspecified atom stereocenters. The molecule has 18 heavy (non-hydrogen) atoms. The van der Waals surface area contributed by atoms with Crippen molar-refractivity contribution in [2.45, 2.75) is 20.3 Å². The van der Waals surface area contributed by atoms with Crippen molar-refractivity contribution in [2.75, 3.05) is 12.3 Å². The van der Waals surface area contributed by atoms with E-state index >= 15 is 0 Å². The average molecular weight is 250 g/mol. The zero-order chi connectivity index (χ0) is 13.7. The van der Waals surface area contributed by atoms with Crippen molar-refractivity contribution in [2.24, 2.45) is 16.6 Å². The molecule has 0 aliphatic heterocycles. The molecule has 98 valence electrons. The van der Waals surface area contributed by atoms with Crippen molar-refractivity contribution in [3.8, 4) is 0 Å². The van der Waals surface area contributed by atoms with Crippen LogP contribution in [0.1, 0.15) is 25.8 Å². The van der Waals surface area contributed by atoms with Crippen LogP contribution in [0.5, 0.6) is 0 Å². The van der Waals surface area contributed by atoms with Crippen molar-refractivity contribution in [3.05, 3.63) is 33.9 Å². The Morgan fingerprint density at radius 1 is 1.50 bits per heavy atom. The number of benzene rings is 1. The number of nitro groups is 1. The number of aliphatic imine (C=N–C) groups is 1. The molecule has 0 fully saturated rings. The SMILES string of the molecule is CC(C)CCN=C(N)c1ccc(N)c([N+](=O)[O-])c1. The molecule has 4 N–H and O–H groups in total. The number of nitro benzene ring substituents is 1. The number of nitrogens with zero attached hydrogens (tertiary/aromatic N) is 2. The first-order valence-electron chi connectivity index (χ1n) is 5.76. The van der Waals surface area contributed by atoms with E-state index < -0.39 is 4.92 Å². The molecule has 0 saturated carbocycles. The highest BCUT2D eigenvalue weighted by atomic mass is 16.6. The van der Waals surface area contributed by atoms with Gasteiger partial charge in [-0.1, -0.05) is 13.8 Å². The first kappa shape index (κ1) is 14.0. The van der Waals surface area contributed by atoms with E-state index in [4.69, 9.17) is 11.5 Å². The van der Waals surface area contributed by atoms with Crippen LogP contribution in [0.4, 0.5) is 11.4 Å². The molecule has 0 heterocycles. The summed E-state index contributed by atoms with van der Waals surface area (Å²) < 4.78 is 0. The van der Waals surface area contributed by atoms with Gasteiger partial charge in [0, 0.05) is 18.2 Å². The molecule has 1 aromatic rings. The Morgan fingerprint density at radius 2 is 2.17 bits per heavy atom. The summed E-state index contributed by atoms with van der Waals surface area (Å²) in [5.41, 5.74) is 11.8. The fourth-order valence-electron chi connectivity index (χ4n) is 1.40. The van der Waals surface area contributed by atoms with Crippen LogP contribution in [0.2, 0.25) is 0 Å². The van der Waals surface area contributed by atoms with Gasteiger partial charge in [-0.2, -0.15) is 0 Å². The van der Waals surface area contributed by atoms with Crippen molar-refractivity contribution < 1.29 is 4.92 Å². The smallest absolute Gasteiger partial charge is 0.292 e. The Hall–Kier alpha value is -2.11. The predicted molar refractivity (Wildman–Crippen MR) is 72.6 cm³/mol. The molecule has 0 saturated heterocycles. The van der Waals surface area contributed by atoms with E-state index in [0.29, 0.717) is 23.9 Å². The lowest BCUT2D eigenvalue weighted by atomic mass is 10.1. The predicted octanol–water partition coefficient (Wildman–Crippen LogP) is 1.93. The minimum Gasteiger partial charge on any atom is -0.393 e. The summed E-state index contributed by atoms with van der Waals surface area (Å²) in [5, 5.41) is 10.7. The average Bonchev–Trinajstić information content (AvgIpc) is 2.28. The van der Waals surface area contributed by atoms with Crippen molar-refractivity contribution in [1.29, 1.82) is 0 Å². The van der Waals surface area contributed by atoms with E-state index in [2.05, 4.69) is 18.8 Å². The standard InChI is InChI=1S/C12H18N4O2/c1-8(2)5-6-15-12(14)9-3-4-10(13)11(7-9)16(17)18/h3-4,7-8H,5-6,13H2,1-2H3,(H2,14,15). The van der Waals surface area contributed by atoms with E-state index in [-0.39, 0.29) is 11.4 Å². The lowest BCUT2D eigenvalue weighted by molar-refractivity contribution is -0.383. The highest BCUT2D eigenvalue weighted by Crippen LogP contribution is 2.22. The molecule has 6 heteroatoms. The third-order valence-corrected chi connectivity index (χ3v) is 2.51. The molecule has 0 atom stereocenters. The quantitative estimate of drug-likeness (QED) is 0.273. The van der Waals surface area contributed by atoms with Crippen molar-refractivity contribution >= 4 is 17.2 Å². The Balaban J connectivity index is 2.89. The van der Waals surface area contributed by atoms with Crippen LogP contribution in [-0.4, -0.2) is 17.3 Å². The van der Waals surface area contributed by atoms with Crippen LogP contribution in [0, 0.1) is 16.0 Å². The summed E-state index contributed by atoms with van der Waals surface area (Å²) in [6.07, 6.45) is 0.928. The highest BCUT2D eigenvalue weighted by Gasteiger charge is 2.13. The van der Waals surface area contributed by atoms with Gasteiger partial charge >= 0.3 is 0 Å². The topological polar surface area (TPSA) is 108 Å². The fourth-order valence-corrected chi connectivity index (χ4v) is 1.40. The van der Waals surface area contributed by atoms with Gasteiger partial charge in [0.2, 0.25) is 0 Å². The lowest BCUT2D eigenvalue weighted by Crippen LogP contribution is -2.15. The molecule has 0 aliphatic rings. The number of amidine groups is 1. The third-order valence-electron chi connectivity index (χ3n) is 2.51. The van der Waals surface area contributed by atoms with Gasteiger partial charge < -0.3 is 11.5 Å². The molecule has 0 aliphatic carbocycles. The van der Waals surface area contributed by atoms with Gasteiger partial charge in [0.1, 0.15) is 11.5 Å². The van der Waals surface area contributed by atoms with E-state index in [1.54, 1.807) is 6.07 Å². The normalized spacial score (nSPS) is 11.8. The lowest BCUT2D eigenvalue weighted by Gasteiger charge is -2.04. The number of anilines is 1. The molecule has 1 rings (SSSR count). The molecule has 0 radical (unpaired) electrons. The maximum Gasteiger partial charge on any atom is 0.292 e. The number of nitrogen functional groups attached to an aromatic ring is 1. The number of rotatable bonds is 5. The Morgan fingerprint density at radius 3 is 2.72 bits per heavy atom. The van der Waals surface area contributed by atoms with Gasteiger partial charge in [-0.25, -0.2) is 0 Å². The molecule has 0 bridgehead atoms. The van der Waals surface area contributed by atoms with Gasteiger partial charge in [0.25, 0.3) is 5.69 Å². The minimum absolute atomic E-state index is 0.124. The molecular formula is C12H18N4O2. The number of hydrogen-bond acceptors (Lipinski definition) is 4. The van der Waals surface area contributed by atoms with Gasteiger partial charge in [0.05, 0.1) is 4.92 Å². The first-order valence-corrected chi connectivity index (χ1v) is 5.76. The molecule has 0 aromatic heterocycles. The second kappa shape index (κ2) is 6.00. The summed E-state index contributed by atoms with van der Waals surface area (Å²) in [6.45, 7) is 4.81. The van der Waals surface area contributed by atoms with Crippen molar-refractivity contribution in [3.63, 3.8) is 0 Å². The second-order valence-corrected chi connectivity index (χ2v) is 4.48. The van der Waals surface area contributed by atoms with Gasteiger partial charge in [0.15, 0.2) is 0 Å². The van der Waals surface area contributed by atoms with E-state index in [1.165, 1.54) is 12.1 Å². The van der Waals surface area contributed by atoms with Crippen LogP contribution in [0.25, 0.3) is 0 Å². The zero-order valence-electron chi connectivity index (χ0n) is 10.6. The van der Waals surface area contributed by atoms with Gasteiger partial charge in [-0.15, -0.1) is 0 Å². The maximum absolute atomic E-state index is 10.7. The van der Waals surface area contributed by atoms with Crippen LogP contribution in [0.3, 0.4) is 0 Å². The summed E-state index contributed by atoms with van der Waals surface area (Å²) in [4.78, 5) is 14.4. The monoisotopic (exact) mass is 250 g/mol. The van der Waals surface area contributed by atoms with Crippen LogP contribution >= 0.6 is 0 Å². The van der Waals surface area contributed by atoms with E-state index in [1.807, 2.05) is 0 Å². The molecule has 0 spiro atoms. The molecule has 0 amide bonds. The molecule has 1 aromatic carbocycles. The highest BCUT2D eigenvalue weighted by molar-refractivity contribution is 5.98. The third kappa shape index (κ3) is 3.73. The van der Waals surface area contributed by atoms with Crippen molar-refractivity contribution in [1.82, 2.24) is 0 Å². The summed E-state index contributed by atoms with van der Waals surface area (Å²) >= 11 is 0. The summed E-state index contributed by atoms with van der Waals surface area (Å²) in [5.74, 6) is 0.848. The Labute approximate surface area is 106 Å².